The normalized spacial score (nSPS) is 24.1. The lowest BCUT2D eigenvalue weighted by atomic mass is 9.83. The molecule has 1 saturated heterocycles. The lowest BCUT2D eigenvalue weighted by molar-refractivity contribution is 0.0888. The van der Waals surface area contributed by atoms with Crippen molar-refractivity contribution in [2.45, 2.75) is 103 Å². The summed E-state index contributed by atoms with van der Waals surface area (Å²) in [5.74, 6) is 3.60. The Morgan fingerprint density at radius 1 is 0.982 bits per heavy atom. The summed E-state index contributed by atoms with van der Waals surface area (Å²) in [5.41, 5.74) is 7.06. The first-order valence-corrected chi connectivity index (χ1v) is 21.2. The van der Waals surface area contributed by atoms with Crippen LogP contribution in [0.4, 0.5) is 5.82 Å². The van der Waals surface area contributed by atoms with E-state index in [4.69, 9.17) is 26.6 Å². The number of aliphatic imine (C=N–C) groups is 1. The highest BCUT2D eigenvalue weighted by atomic mass is 35.5. The Bertz CT molecular complexity index is 2410. The quantitative estimate of drug-likeness (QED) is 0.173. The number of thiophene rings is 1. The molecule has 5 aromatic rings. The molecule has 57 heavy (non-hydrogen) atoms. The van der Waals surface area contributed by atoms with Crippen LogP contribution < -0.4 is 15.0 Å². The second kappa shape index (κ2) is 15.0. The number of hydrogen-bond donors (Lipinski definition) is 1. The number of nitrogens with zero attached hydrogens (tertiary/aromatic N) is 8. The van der Waals surface area contributed by atoms with Crippen molar-refractivity contribution in [2.75, 3.05) is 18.0 Å². The van der Waals surface area contributed by atoms with Gasteiger partial charge in [-0.2, -0.15) is 5.26 Å². The van der Waals surface area contributed by atoms with Gasteiger partial charge in [-0.1, -0.05) is 35.9 Å². The van der Waals surface area contributed by atoms with E-state index in [1.807, 2.05) is 13.0 Å². The maximum absolute atomic E-state index is 13.1. The molecule has 1 spiro atoms. The maximum atomic E-state index is 13.1. The van der Waals surface area contributed by atoms with Gasteiger partial charge in [-0.3, -0.25) is 14.4 Å². The molecule has 5 heterocycles. The van der Waals surface area contributed by atoms with Gasteiger partial charge < -0.3 is 15.0 Å². The average molecular weight is 800 g/mol. The molecule has 4 aliphatic rings. The minimum absolute atomic E-state index is 0.0380. The minimum atomic E-state index is -0.194. The first kappa shape index (κ1) is 37.5. The SMILES string of the molecule is Cc1sc2c(c1C)C(c1ccc(C3CCC4(CCN(c5ccc(C(=O)NC6CCC(Oc7ccc(C#N)c(Cl)c7)CC6)nn5)C4)C3)cc1)=N[C@@H](C)c1nnc(C)n1-2. The third kappa shape index (κ3) is 7.10. The van der Waals surface area contributed by atoms with E-state index in [-0.39, 0.29) is 29.5 Å². The number of aryl methyl sites for hydroxylation is 2. The summed E-state index contributed by atoms with van der Waals surface area (Å²) in [6.45, 7) is 10.4. The molecule has 2 aromatic carbocycles. The summed E-state index contributed by atoms with van der Waals surface area (Å²) >= 11 is 7.97. The van der Waals surface area contributed by atoms with Crippen LogP contribution in [0.1, 0.15) is 125 Å². The highest BCUT2D eigenvalue weighted by molar-refractivity contribution is 7.15. The van der Waals surface area contributed by atoms with E-state index in [9.17, 15) is 4.79 Å². The van der Waals surface area contributed by atoms with E-state index in [2.05, 4.69) is 86.3 Å². The highest BCUT2D eigenvalue weighted by Gasteiger charge is 2.45. The van der Waals surface area contributed by atoms with E-state index in [1.165, 1.54) is 34.4 Å². The van der Waals surface area contributed by atoms with Crippen molar-refractivity contribution < 1.29 is 9.53 Å². The molecular formula is C44H46ClN9O2S. The third-order valence-corrected chi connectivity index (χ3v) is 14.2. The number of aromatic nitrogens is 5. The van der Waals surface area contributed by atoms with Crippen LogP contribution in [0.15, 0.2) is 59.6 Å². The number of ether oxygens (including phenoxy) is 1. The van der Waals surface area contributed by atoms with Crippen LogP contribution in [0.2, 0.25) is 5.02 Å². The van der Waals surface area contributed by atoms with Gasteiger partial charge in [0.05, 0.1) is 22.4 Å². The second-order valence-corrected chi connectivity index (χ2v) is 18.0. The summed E-state index contributed by atoms with van der Waals surface area (Å²) < 4.78 is 8.30. The van der Waals surface area contributed by atoms with Crippen LogP contribution in [0, 0.1) is 37.5 Å². The summed E-state index contributed by atoms with van der Waals surface area (Å²) in [5, 5.41) is 31.6. The van der Waals surface area contributed by atoms with E-state index in [0.29, 0.717) is 27.9 Å². The molecule has 1 amide bonds. The Morgan fingerprint density at radius 3 is 2.53 bits per heavy atom. The van der Waals surface area contributed by atoms with Crippen molar-refractivity contribution in [1.82, 2.24) is 30.3 Å². The molecule has 0 bridgehead atoms. The van der Waals surface area contributed by atoms with Gasteiger partial charge in [0.2, 0.25) is 0 Å². The summed E-state index contributed by atoms with van der Waals surface area (Å²) in [6.07, 6.45) is 7.93. The number of anilines is 1. The van der Waals surface area contributed by atoms with Gasteiger partial charge in [-0.15, -0.1) is 31.7 Å². The molecule has 2 saturated carbocycles. The number of rotatable bonds is 7. The van der Waals surface area contributed by atoms with Gasteiger partial charge >= 0.3 is 0 Å². The van der Waals surface area contributed by atoms with Crippen molar-refractivity contribution in [1.29, 1.82) is 5.26 Å². The largest absolute Gasteiger partial charge is 0.490 e. The lowest BCUT2D eigenvalue weighted by Gasteiger charge is -2.29. The zero-order valence-electron chi connectivity index (χ0n) is 32.8. The van der Waals surface area contributed by atoms with Crippen LogP contribution in [-0.4, -0.2) is 61.8 Å². The number of hydrogen-bond acceptors (Lipinski definition) is 10. The predicted molar refractivity (Wildman–Crippen MR) is 222 cm³/mol. The molecule has 3 atom stereocenters. The molecule has 1 N–H and O–H groups in total. The van der Waals surface area contributed by atoms with E-state index in [1.54, 1.807) is 35.6 Å². The number of amides is 1. The fourth-order valence-corrected chi connectivity index (χ4v) is 10.9. The van der Waals surface area contributed by atoms with Gasteiger partial charge in [-0.05, 0) is 126 Å². The van der Waals surface area contributed by atoms with Crippen molar-refractivity contribution in [3.8, 4) is 16.8 Å². The number of carbonyl (C=O) groups is 1. The first-order valence-electron chi connectivity index (χ1n) is 20.0. The number of halogens is 1. The molecule has 3 fully saturated rings. The summed E-state index contributed by atoms with van der Waals surface area (Å²) in [7, 11) is 0. The molecular weight excluding hydrogens is 754 g/mol. The Hall–Kier alpha value is -5.12. The van der Waals surface area contributed by atoms with E-state index >= 15 is 0 Å². The smallest absolute Gasteiger partial charge is 0.272 e. The van der Waals surface area contributed by atoms with E-state index < -0.39 is 0 Å². The van der Waals surface area contributed by atoms with Crippen molar-refractivity contribution in [3.05, 3.63) is 110 Å². The molecule has 2 aliphatic heterocycles. The topological polar surface area (TPSA) is 134 Å². The van der Waals surface area contributed by atoms with Crippen LogP contribution >= 0.6 is 22.9 Å². The van der Waals surface area contributed by atoms with Crippen LogP contribution in [0.25, 0.3) is 5.00 Å². The Morgan fingerprint density at radius 2 is 1.79 bits per heavy atom. The van der Waals surface area contributed by atoms with Gasteiger partial charge in [-0.25, -0.2) is 0 Å². The minimum Gasteiger partial charge on any atom is -0.490 e. The summed E-state index contributed by atoms with van der Waals surface area (Å²) in [6, 6.07) is 20.1. The van der Waals surface area contributed by atoms with Gasteiger partial charge in [0.1, 0.15) is 28.7 Å². The van der Waals surface area contributed by atoms with Crippen LogP contribution in [0.3, 0.4) is 0 Å². The van der Waals surface area contributed by atoms with E-state index in [0.717, 1.165) is 85.4 Å². The van der Waals surface area contributed by atoms with Crippen LogP contribution in [-0.2, 0) is 0 Å². The van der Waals surface area contributed by atoms with Crippen molar-refractivity contribution in [3.63, 3.8) is 0 Å². The fraction of sp³-hybridized carbons (Fsp3) is 0.432. The average Bonchev–Trinajstić information content (AvgIpc) is 3.99. The molecule has 3 aromatic heterocycles. The Labute approximate surface area is 342 Å². The predicted octanol–water partition coefficient (Wildman–Crippen LogP) is 8.77. The zero-order chi connectivity index (χ0) is 39.4. The van der Waals surface area contributed by atoms with Gasteiger partial charge in [0.15, 0.2) is 17.3 Å². The Kier molecular flexibility index (Phi) is 9.85. The third-order valence-electron chi connectivity index (χ3n) is 12.7. The molecule has 292 valence electrons. The van der Waals surface area contributed by atoms with Crippen LogP contribution in [0.5, 0.6) is 5.75 Å². The van der Waals surface area contributed by atoms with Crippen molar-refractivity contribution >= 4 is 40.4 Å². The van der Waals surface area contributed by atoms with Gasteiger partial charge in [0.25, 0.3) is 5.91 Å². The van der Waals surface area contributed by atoms with Crippen molar-refractivity contribution in [2.24, 2.45) is 10.4 Å². The summed E-state index contributed by atoms with van der Waals surface area (Å²) in [4.78, 5) is 22.0. The molecule has 2 aliphatic carbocycles. The highest BCUT2D eigenvalue weighted by Crippen LogP contribution is 2.52. The molecule has 13 heteroatoms. The molecule has 9 rings (SSSR count). The first-order chi connectivity index (χ1) is 27.6. The molecule has 0 radical (unpaired) electrons. The number of nitrogens with one attached hydrogen (secondary N) is 1. The second-order valence-electron chi connectivity index (χ2n) is 16.4. The number of nitriles is 1. The fourth-order valence-electron chi connectivity index (χ4n) is 9.44. The maximum Gasteiger partial charge on any atom is 0.272 e. The molecule has 11 nitrogen and oxygen atoms in total. The lowest BCUT2D eigenvalue weighted by Crippen LogP contribution is -2.40. The standard InChI is InChI=1S/C44H46ClN9O2S/c1-25-27(3)57-43-39(25)40(47-26(2)41-52-49-28(4)54(41)43)30-7-5-29(6-8-30)31-17-18-44(22-31)19-20-53(24-44)38-16-15-37(50-51-38)42(55)48-33-10-13-34(14-11-33)56-35-12-9-32(23-46)36(45)21-35/h5-9,12,15-16,21,26,31,33-34H,10-11,13-14,17-20,22,24H2,1-4H3,(H,48,55)/t26-,31?,33?,34?,44?/m0/s1. The monoisotopic (exact) mass is 799 g/mol. The molecule has 2 unspecified atom stereocenters. The van der Waals surface area contributed by atoms with Gasteiger partial charge in [0, 0.05) is 41.2 Å². The number of carbonyl (C=O) groups excluding carboxylic acids is 1. The number of benzene rings is 2. The Balaban J connectivity index is 0.794. The number of fused-ring (bicyclic) bond motifs is 3. The zero-order valence-corrected chi connectivity index (χ0v) is 34.3.